The minimum atomic E-state index is -1.69. The maximum Gasteiger partial charge on any atom is 0.394 e. The molecule has 0 radical (unpaired) electrons. The van der Waals surface area contributed by atoms with Gasteiger partial charge in [-0.3, -0.25) is 9.59 Å². The van der Waals surface area contributed by atoms with Crippen molar-refractivity contribution in [1.82, 2.24) is 10.2 Å². The Hall–Kier alpha value is -3.44. The van der Waals surface area contributed by atoms with E-state index in [0.29, 0.717) is 47.8 Å². The molecular formula is C20H19N3O7S. The standard InChI is InChI=1S/C20H19N3O7S/c1-30-12-4-2-3-9-7-23(18(25)14(9)12)8-10-5-11-13(6-21-10)31-17(15(11)19(26)27)22-16(24)20(28)29/h2-4,10,21H,5-8H2,1H3,(H,22,24)(H,26,27)(H,28,29). The number of ether oxygens (including phenoxy) is 1. The molecule has 11 heteroatoms. The van der Waals surface area contributed by atoms with Gasteiger partial charge in [0.1, 0.15) is 10.8 Å². The molecule has 2 aliphatic rings. The van der Waals surface area contributed by atoms with Crippen molar-refractivity contribution in [2.45, 2.75) is 25.6 Å². The molecule has 31 heavy (non-hydrogen) atoms. The summed E-state index contributed by atoms with van der Waals surface area (Å²) in [6.07, 6.45) is 0.327. The molecule has 1 aromatic heterocycles. The lowest BCUT2D eigenvalue weighted by Gasteiger charge is -2.28. The van der Waals surface area contributed by atoms with Crippen LogP contribution < -0.4 is 15.4 Å². The molecule has 2 amide bonds. The number of rotatable bonds is 5. The van der Waals surface area contributed by atoms with Crippen LogP contribution >= 0.6 is 11.3 Å². The summed E-state index contributed by atoms with van der Waals surface area (Å²) in [5, 5.41) is 23.9. The molecule has 0 saturated heterocycles. The van der Waals surface area contributed by atoms with E-state index in [4.69, 9.17) is 9.84 Å². The highest BCUT2D eigenvalue weighted by molar-refractivity contribution is 7.17. The van der Waals surface area contributed by atoms with Gasteiger partial charge in [0.15, 0.2) is 0 Å². The van der Waals surface area contributed by atoms with Crippen molar-refractivity contribution in [3.8, 4) is 5.75 Å². The van der Waals surface area contributed by atoms with Gasteiger partial charge in [-0.05, 0) is 23.6 Å². The Morgan fingerprint density at radius 1 is 1.32 bits per heavy atom. The minimum Gasteiger partial charge on any atom is -0.496 e. The predicted molar refractivity (Wildman–Crippen MR) is 110 cm³/mol. The van der Waals surface area contributed by atoms with E-state index < -0.39 is 17.8 Å². The van der Waals surface area contributed by atoms with Crippen molar-refractivity contribution in [3.63, 3.8) is 0 Å². The van der Waals surface area contributed by atoms with Crippen LogP contribution in [0.1, 0.15) is 36.7 Å². The van der Waals surface area contributed by atoms with Crippen LogP contribution in [0.3, 0.4) is 0 Å². The van der Waals surface area contributed by atoms with E-state index in [1.807, 2.05) is 12.1 Å². The number of carboxylic acids is 2. The van der Waals surface area contributed by atoms with E-state index in [0.717, 1.165) is 16.9 Å². The van der Waals surface area contributed by atoms with Crippen molar-refractivity contribution in [3.05, 3.63) is 45.3 Å². The smallest absolute Gasteiger partial charge is 0.394 e. The van der Waals surface area contributed by atoms with Gasteiger partial charge in [0.2, 0.25) is 0 Å². The van der Waals surface area contributed by atoms with Gasteiger partial charge in [0.05, 0.1) is 18.2 Å². The fraction of sp³-hybridized carbons (Fsp3) is 0.300. The summed E-state index contributed by atoms with van der Waals surface area (Å²) in [5.74, 6) is -3.85. The van der Waals surface area contributed by atoms with Crippen LogP contribution in [0.15, 0.2) is 18.2 Å². The monoisotopic (exact) mass is 445 g/mol. The van der Waals surface area contributed by atoms with Crippen LogP contribution in [-0.2, 0) is 29.1 Å². The lowest BCUT2D eigenvalue weighted by molar-refractivity contribution is -0.147. The number of carbonyl (C=O) groups excluding carboxylic acids is 2. The largest absolute Gasteiger partial charge is 0.496 e. The first kappa shape index (κ1) is 20.8. The van der Waals surface area contributed by atoms with Gasteiger partial charge >= 0.3 is 17.8 Å². The summed E-state index contributed by atoms with van der Waals surface area (Å²) in [4.78, 5) is 49.5. The van der Waals surface area contributed by atoms with E-state index in [2.05, 4.69) is 10.6 Å². The number of thiophene rings is 1. The zero-order valence-electron chi connectivity index (χ0n) is 16.4. The van der Waals surface area contributed by atoms with E-state index in [1.54, 1.807) is 11.0 Å². The summed E-state index contributed by atoms with van der Waals surface area (Å²) in [6.45, 7) is 1.15. The topological polar surface area (TPSA) is 145 Å². The third-order valence-electron chi connectivity index (χ3n) is 5.36. The average Bonchev–Trinajstić information content (AvgIpc) is 3.24. The number of carboxylic acid groups (broad SMARTS) is 2. The number of aromatic carboxylic acids is 1. The maximum atomic E-state index is 12.9. The fourth-order valence-corrected chi connectivity index (χ4v) is 5.16. The number of aliphatic carboxylic acids is 1. The number of benzene rings is 1. The Bertz CT molecular complexity index is 1110. The summed E-state index contributed by atoms with van der Waals surface area (Å²) >= 11 is 1.04. The summed E-state index contributed by atoms with van der Waals surface area (Å²) in [6, 6.07) is 5.24. The zero-order valence-corrected chi connectivity index (χ0v) is 17.2. The molecule has 0 bridgehead atoms. The van der Waals surface area contributed by atoms with Crippen LogP contribution in [0.2, 0.25) is 0 Å². The SMILES string of the molecule is COc1cccc2c1C(=O)N(CC1Cc3c(sc(NC(=O)C(=O)O)c3C(=O)O)CN1)C2. The molecular weight excluding hydrogens is 426 g/mol. The Labute approximate surface area is 180 Å². The number of hydrogen-bond donors (Lipinski definition) is 4. The minimum absolute atomic E-state index is 0.00161. The lowest BCUT2D eigenvalue weighted by atomic mass is 9.97. The van der Waals surface area contributed by atoms with Gasteiger partial charge in [-0.2, -0.15) is 0 Å². The van der Waals surface area contributed by atoms with Crippen molar-refractivity contribution < 1.29 is 34.1 Å². The number of hydrogen-bond acceptors (Lipinski definition) is 7. The molecule has 10 nitrogen and oxygen atoms in total. The van der Waals surface area contributed by atoms with Crippen LogP contribution in [-0.4, -0.2) is 58.6 Å². The molecule has 1 atom stereocenters. The number of anilines is 1. The van der Waals surface area contributed by atoms with Gasteiger partial charge in [-0.15, -0.1) is 11.3 Å². The highest BCUT2D eigenvalue weighted by Gasteiger charge is 2.35. The van der Waals surface area contributed by atoms with Crippen LogP contribution in [0.5, 0.6) is 5.75 Å². The molecule has 4 N–H and O–H groups in total. The molecule has 1 aromatic carbocycles. The zero-order chi connectivity index (χ0) is 22.3. The molecule has 3 heterocycles. The van der Waals surface area contributed by atoms with Crippen LogP contribution in [0.25, 0.3) is 0 Å². The van der Waals surface area contributed by atoms with Crippen LogP contribution in [0, 0.1) is 0 Å². The number of nitrogens with zero attached hydrogens (tertiary/aromatic N) is 1. The molecule has 0 spiro atoms. The van der Waals surface area contributed by atoms with E-state index in [-0.39, 0.29) is 22.5 Å². The highest BCUT2D eigenvalue weighted by atomic mass is 32.1. The summed E-state index contributed by atoms with van der Waals surface area (Å²) in [7, 11) is 1.51. The fourth-order valence-electron chi connectivity index (χ4n) is 4.00. The second-order valence-corrected chi connectivity index (χ2v) is 8.34. The maximum absolute atomic E-state index is 12.9. The van der Waals surface area contributed by atoms with Gasteiger partial charge in [-0.25, -0.2) is 9.59 Å². The van der Waals surface area contributed by atoms with Gasteiger partial charge in [0.25, 0.3) is 5.91 Å². The normalized spacial score (nSPS) is 17.1. The molecule has 162 valence electrons. The Balaban J connectivity index is 1.54. The van der Waals surface area contributed by atoms with Gasteiger partial charge < -0.3 is 30.5 Å². The van der Waals surface area contributed by atoms with E-state index in [9.17, 15) is 24.3 Å². The number of carbonyl (C=O) groups is 4. The Morgan fingerprint density at radius 2 is 2.10 bits per heavy atom. The first-order chi connectivity index (χ1) is 14.8. The second-order valence-electron chi connectivity index (χ2n) is 7.23. The molecule has 2 aromatic rings. The van der Waals surface area contributed by atoms with Gasteiger partial charge in [0, 0.05) is 30.6 Å². The van der Waals surface area contributed by atoms with E-state index >= 15 is 0 Å². The predicted octanol–water partition coefficient (Wildman–Crippen LogP) is 1.15. The third-order valence-corrected chi connectivity index (χ3v) is 6.51. The number of fused-ring (bicyclic) bond motifs is 2. The number of amides is 2. The summed E-state index contributed by atoms with van der Waals surface area (Å²) in [5.41, 5.74) is 1.87. The first-order valence-electron chi connectivity index (χ1n) is 9.40. The highest BCUT2D eigenvalue weighted by Crippen LogP contribution is 2.37. The van der Waals surface area contributed by atoms with Crippen molar-refractivity contribution in [2.24, 2.45) is 0 Å². The molecule has 1 unspecified atom stereocenters. The lowest BCUT2D eigenvalue weighted by Crippen LogP contribution is -2.44. The second kappa shape index (κ2) is 8.00. The average molecular weight is 445 g/mol. The first-order valence-corrected chi connectivity index (χ1v) is 10.2. The molecule has 2 aliphatic heterocycles. The van der Waals surface area contributed by atoms with Crippen molar-refractivity contribution in [1.29, 1.82) is 0 Å². The van der Waals surface area contributed by atoms with Crippen molar-refractivity contribution >= 4 is 40.1 Å². The Morgan fingerprint density at radius 3 is 2.77 bits per heavy atom. The quantitative estimate of drug-likeness (QED) is 0.502. The number of nitrogens with one attached hydrogen (secondary N) is 2. The van der Waals surface area contributed by atoms with Crippen LogP contribution in [0.4, 0.5) is 5.00 Å². The molecule has 0 aliphatic carbocycles. The number of methoxy groups -OCH3 is 1. The molecule has 0 saturated carbocycles. The Kier molecular flexibility index (Phi) is 5.38. The third kappa shape index (κ3) is 3.73. The van der Waals surface area contributed by atoms with Gasteiger partial charge in [-0.1, -0.05) is 12.1 Å². The molecule has 4 rings (SSSR count). The van der Waals surface area contributed by atoms with Crippen molar-refractivity contribution in [2.75, 3.05) is 19.0 Å². The summed E-state index contributed by atoms with van der Waals surface area (Å²) < 4.78 is 5.30. The van der Waals surface area contributed by atoms with E-state index in [1.165, 1.54) is 7.11 Å². The molecule has 0 fully saturated rings.